The second-order valence-corrected chi connectivity index (χ2v) is 5.22. The number of rotatable bonds is 3. The Morgan fingerprint density at radius 3 is 2.81 bits per heavy atom. The first-order valence-corrected chi connectivity index (χ1v) is 7.04. The van der Waals surface area contributed by atoms with E-state index in [1.54, 1.807) is 25.2 Å². The summed E-state index contributed by atoms with van der Waals surface area (Å²) in [6.07, 6.45) is 0.0637. The molecule has 0 aliphatic rings. The van der Waals surface area contributed by atoms with Crippen LogP contribution in [0, 0.1) is 0 Å². The van der Waals surface area contributed by atoms with E-state index < -0.39 is 0 Å². The summed E-state index contributed by atoms with van der Waals surface area (Å²) in [6, 6.07) is 7.12. The molecular formula is C13H11N5O2S. The zero-order valence-corrected chi connectivity index (χ0v) is 11.9. The summed E-state index contributed by atoms with van der Waals surface area (Å²) < 4.78 is 1.25. The monoisotopic (exact) mass is 301 g/mol. The topological polar surface area (TPSA) is 89.8 Å². The van der Waals surface area contributed by atoms with Gasteiger partial charge in [-0.05, 0) is 6.07 Å². The summed E-state index contributed by atoms with van der Waals surface area (Å²) in [5, 5.41) is 15.9. The number of carbonyl (C=O) groups is 1. The van der Waals surface area contributed by atoms with Crippen LogP contribution in [0.15, 0.2) is 34.6 Å². The molecule has 21 heavy (non-hydrogen) atoms. The van der Waals surface area contributed by atoms with Crippen molar-refractivity contribution in [2.24, 2.45) is 7.05 Å². The predicted octanol–water partition coefficient (Wildman–Crippen LogP) is 0.966. The van der Waals surface area contributed by atoms with E-state index >= 15 is 0 Å². The zero-order valence-electron chi connectivity index (χ0n) is 11.1. The molecule has 0 unspecified atom stereocenters. The van der Waals surface area contributed by atoms with E-state index in [-0.39, 0.29) is 17.9 Å². The molecule has 1 N–H and O–H groups in total. The van der Waals surface area contributed by atoms with Crippen molar-refractivity contribution in [3.63, 3.8) is 0 Å². The molecule has 7 nitrogen and oxygen atoms in total. The quantitative estimate of drug-likeness (QED) is 0.778. The van der Waals surface area contributed by atoms with Crippen molar-refractivity contribution in [1.82, 2.24) is 20.0 Å². The van der Waals surface area contributed by atoms with E-state index in [1.807, 2.05) is 6.07 Å². The van der Waals surface area contributed by atoms with Crippen LogP contribution in [0.4, 0.5) is 5.13 Å². The molecule has 0 bridgehead atoms. The highest BCUT2D eigenvalue weighted by atomic mass is 32.1. The molecule has 3 rings (SSSR count). The number of nitrogens with one attached hydrogen (secondary N) is 1. The lowest BCUT2D eigenvalue weighted by Gasteiger charge is -2.07. The van der Waals surface area contributed by atoms with E-state index in [9.17, 15) is 9.59 Å². The number of benzene rings is 1. The summed E-state index contributed by atoms with van der Waals surface area (Å²) in [5.74, 6) is -0.247. The molecule has 1 amide bonds. The smallest absolute Gasteiger partial charge is 0.274 e. The van der Waals surface area contributed by atoms with Gasteiger partial charge in [-0.2, -0.15) is 5.10 Å². The average Bonchev–Trinajstić information content (AvgIpc) is 2.97. The number of carbonyl (C=O) groups excluding carboxylic acids is 1. The second-order valence-electron chi connectivity index (χ2n) is 4.39. The maximum Gasteiger partial charge on any atom is 0.274 e. The van der Waals surface area contributed by atoms with Crippen LogP contribution in [0.1, 0.15) is 5.69 Å². The van der Waals surface area contributed by atoms with Gasteiger partial charge >= 0.3 is 0 Å². The Hall–Kier alpha value is -2.61. The summed E-state index contributed by atoms with van der Waals surface area (Å²) in [5.41, 5.74) is 1.91. The highest BCUT2D eigenvalue weighted by Crippen LogP contribution is 2.14. The fraction of sp³-hybridized carbons (Fsp3) is 0.154. The third-order valence-corrected chi connectivity index (χ3v) is 3.57. The predicted molar refractivity (Wildman–Crippen MR) is 79.2 cm³/mol. The Morgan fingerprint density at radius 2 is 2.10 bits per heavy atom. The normalized spacial score (nSPS) is 10.7. The summed E-state index contributed by atoms with van der Waals surface area (Å²) in [4.78, 5) is 24.0. The zero-order chi connectivity index (χ0) is 14.8. The number of hydrogen-bond donors (Lipinski definition) is 1. The molecule has 3 aromatic rings. The van der Waals surface area contributed by atoms with E-state index in [0.29, 0.717) is 21.6 Å². The highest BCUT2D eigenvalue weighted by molar-refractivity contribution is 7.13. The van der Waals surface area contributed by atoms with Crippen LogP contribution in [0.5, 0.6) is 0 Å². The number of nitrogens with zero attached hydrogens (tertiary/aromatic N) is 4. The molecule has 0 spiro atoms. The van der Waals surface area contributed by atoms with Gasteiger partial charge in [0, 0.05) is 12.4 Å². The van der Waals surface area contributed by atoms with Crippen molar-refractivity contribution in [2.75, 3.05) is 5.32 Å². The number of hydrogen-bond acceptors (Lipinski definition) is 6. The lowest BCUT2D eigenvalue weighted by atomic mass is 10.1. The third kappa shape index (κ3) is 2.65. The lowest BCUT2D eigenvalue weighted by Crippen LogP contribution is -2.24. The Labute approximate surface area is 123 Å². The minimum atomic E-state index is -0.247. The van der Waals surface area contributed by atoms with E-state index in [1.165, 1.54) is 21.5 Å². The van der Waals surface area contributed by atoms with Crippen LogP contribution < -0.4 is 10.9 Å². The first-order chi connectivity index (χ1) is 10.1. The second kappa shape index (κ2) is 5.41. The minimum Gasteiger partial charge on any atom is -0.300 e. The molecule has 0 saturated heterocycles. The van der Waals surface area contributed by atoms with Gasteiger partial charge in [-0.15, -0.1) is 10.2 Å². The highest BCUT2D eigenvalue weighted by Gasteiger charge is 2.13. The largest absolute Gasteiger partial charge is 0.300 e. The van der Waals surface area contributed by atoms with Crippen LogP contribution in [-0.2, 0) is 18.3 Å². The van der Waals surface area contributed by atoms with Gasteiger partial charge in [0.2, 0.25) is 11.0 Å². The summed E-state index contributed by atoms with van der Waals surface area (Å²) >= 11 is 1.24. The Bertz CT molecular complexity index is 857. The molecule has 0 fully saturated rings. The van der Waals surface area contributed by atoms with Crippen LogP contribution in [0.3, 0.4) is 0 Å². The van der Waals surface area contributed by atoms with Gasteiger partial charge in [0.15, 0.2) is 0 Å². The average molecular weight is 301 g/mol. The van der Waals surface area contributed by atoms with Crippen molar-refractivity contribution >= 4 is 33.1 Å². The van der Waals surface area contributed by atoms with Crippen molar-refractivity contribution in [3.8, 4) is 0 Å². The molecule has 8 heteroatoms. The molecule has 0 atom stereocenters. The Balaban J connectivity index is 1.95. The first-order valence-electron chi connectivity index (χ1n) is 6.16. The number of amides is 1. The SMILES string of the molecule is Cn1nc(CC(=O)Nc2nncs2)c2ccccc2c1=O. The van der Waals surface area contributed by atoms with Crippen LogP contribution in [-0.4, -0.2) is 25.9 Å². The third-order valence-electron chi connectivity index (χ3n) is 2.97. The molecule has 0 saturated carbocycles. The van der Waals surface area contributed by atoms with Crippen molar-refractivity contribution in [1.29, 1.82) is 0 Å². The fourth-order valence-electron chi connectivity index (χ4n) is 2.05. The van der Waals surface area contributed by atoms with Gasteiger partial charge in [-0.3, -0.25) is 9.59 Å². The first kappa shape index (κ1) is 13.4. The fourth-order valence-corrected chi connectivity index (χ4v) is 2.51. The lowest BCUT2D eigenvalue weighted by molar-refractivity contribution is -0.115. The Kier molecular flexibility index (Phi) is 3.44. The van der Waals surface area contributed by atoms with Gasteiger partial charge in [-0.25, -0.2) is 4.68 Å². The summed E-state index contributed by atoms with van der Waals surface area (Å²) in [6.45, 7) is 0. The number of aromatic nitrogens is 4. The molecule has 2 aromatic heterocycles. The number of anilines is 1. The molecule has 0 aliphatic heterocycles. The van der Waals surface area contributed by atoms with E-state index in [4.69, 9.17) is 0 Å². The molecular weight excluding hydrogens is 290 g/mol. The van der Waals surface area contributed by atoms with Crippen molar-refractivity contribution in [2.45, 2.75) is 6.42 Å². The molecule has 0 radical (unpaired) electrons. The van der Waals surface area contributed by atoms with Crippen molar-refractivity contribution < 1.29 is 4.79 Å². The van der Waals surface area contributed by atoms with Gasteiger partial charge in [0.25, 0.3) is 5.56 Å². The Morgan fingerprint density at radius 1 is 1.33 bits per heavy atom. The van der Waals surface area contributed by atoms with Gasteiger partial charge in [-0.1, -0.05) is 29.5 Å². The van der Waals surface area contributed by atoms with Gasteiger partial charge in [0.1, 0.15) is 5.51 Å². The maximum absolute atomic E-state index is 12.0. The summed E-state index contributed by atoms with van der Waals surface area (Å²) in [7, 11) is 1.57. The number of aryl methyl sites for hydroxylation is 1. The molecule has 0 aliphatic carbocycles. The minimum absolute atomic E-state index is 0.0637. The molecule has 1 aromatic carbocycles. The van der Waals surface area contributed by atoms with Crippen molar-refractivity contribution in [3.05, 3.63) is 45.8 Å². The van der Waals surface area contributed by atoms with E-state index in [0.717, 1.165) is 0 Å². The van der Waals surface area contributed by atoms with Crippen LogP contribution >= 0.6 is 11.3 Å². The van der Waals surface area contributed by atoms with Gasteiger partial charge in [0.05, 0.1) is 17.5 Å². The van der Waals surface area contributed by atoms with E-state index in [2.05, 4.69) is 20.6 Å². The molecule has 106 valence electrons. The van der Waals surface area contributed by atoms with Crippen LogP contribution in [0.25, 0.3) is 10.8 Å². The standard InChI is InChI=1S/C13H11N5O2S/c1-18-12(20)9-5-3-2-4-8(9)10(17-18)6-11(19)15-13-16-14-7-21-13/h2-5,7H,6H2,1H3,(H,15,16,19). The van der Waals surface area contributed by atoms with Crippen LogP contribution in [0.2, 0.25) is 0 Å². The number of fused-ring (bicyclic) bond motifs is 1. The maximum atomic E-state index is 12.0. The van der Waals surface area contributed by atoms with Gasteiger partial charge < -0.3 is 5.32 Å². The molecule has 2 heterocycles.